The molecule has 1 atom stereocenters. The summed E-state index contributed by atoms with van der Waals surface area (Å²) in [5, 5.41) is 5.51. The molecule has 0 radical (unpaired) electrons. The molecule has 0 spiro atoms. The van der Waals surface area contributed by atoms with E-state index < -0.39 is 5.82 Å². The molecule has 0 saturated heterocycles. The molecule has 7 heteroatoms. The Kier molecular flexibility index (Phi) is 8.97. The SMILES string of the molecule is Cc1ccc(CSCCNC(=O)C[NH+](C)CC(=O)Nc2cccc(F)c2)cc1. The lowest BCUT2D eigenvalue weighted by molar-refractivity contribution is -0.862. The highest BCUT2D eigenvalue weighted by molar-refractivity contribution is 7.98. The zero-order valence-electron chi connectivity index (χ0n) is 16.3. The van der Waals surface area contributed by atoms with Gasteiger partial charge in [0.2, 0.25) is 0 Å². The van der Waals surface area contributed by atoms with Crippen molar-refractivity contribution in [2.24, 2.45) is 0 Å². The number of likely N-dealkylation sites (N-methyl/N-ethyl adjacent to an activating group) is 1. The number of amides is 2. The topological polar surface area (TPSA) is 62.6 Å². The van der Waals surface area contributed by atoms with Crippen molar-refractivity contribution >= 4 is 29.3 Å². The minimum atomic E-state index is -0.405. The van der Waals surface area contributed by atoms with Crippen LogP contribution in [0.15, 0.2) is 48.5 Å². The van der Waals surface area contributed by atoms with Crippen LogP contribution in [0.4, 0.5) is 10.1 Å². The summed E-state index contributed by atoms with van der Waals surface area (Å²) in [6.45, 7) is 3.00. The van der Waals surface area contributed by atoms with Crippen LogP contribution in [0.25, 0.3) is 0 Å². The van der Waals surface area contributed by atoms with Crippen molar-refractivity contribution in [3.63, 3.8) is 0 Å². The van der Waals surface area contributed by atoms with Gasteiger partial charge < -0.3 is 15.5 Å². The van der Waals surface area contributed by atoms with Crippen LogP contribution in [0.3, 0.4) is 0 Å². The van der Waals surface area contributed by atoms with Crippen molar-refractivity contribution in [1.29, 1.82) is 0 Å². The van der Waals surface area contributed by atoms with Gasteiger partial charge in [-0.05, 0) is 30.7 Å². The van der Waals surface area contributed by atoms with Crippen molar-refractivity contribution in [3.05, 3.63) is 65.5 Å². The van der Waals surface area contributed by atoms with Gasteiger partial charge in [0, 0.05) is 23.7 Å². The van der Waals surface area contributed by atoms with Crippen molar-refractivity contribution in [2.75, 3.05) is 37.8 Å². The average molecular weight is 405 g/mol. The van der Waals surface area contributed by atoms with Gasteiger partial charge in [-0.2, -0.15) is 11.8 Å². The molecule has 0 aliphatic carbocycles. The first-order valence-corrected chi connectivity index (χ1v) is 10.3. The Morgan fingerprint density at radius 1 is 1.07 bits per heavy atom. The maximum Gasteiger partial charge on any atom is 0.279 e. The molecule has 0 aliphatic rings. The fourth-order valence-electron chi connectivity index (χ4n) is 2.58. The number of nitrogens with one attached hydrogen (secondary N) is 3. The monoisotopic (exact) mass is 404 g/mol. The van der Waals surface area contributed by atoms with E-state index in [0.29, 0.717) is 12.2 Å². The lowest BCUT2D eigenvalue weighted by atomic mass is 10.2. The Bertz CT molecular complexity index is 783. The van der Waals surface area contributed by atoms with E-state index in [1.807, 2.05) is 0 Å². The van der Waals surface area contributed by atoms with E-state index in [0.717, 1.165) is 16.4 Å². The molecule has 3 N–H and O–H groups in total. The smallest absolute Gasteiger partial charge is 0.279 e. The second-order valence-electron chi connectivity index (χ2n) is 6.76. The van der Waals surface area contributed by atoms with Gasteiger partial charge in [-0.1, -0.05) is 35.9 Å². The van der Waals surface area contributed by atoms with E-state index in [4.69, 9.17) is 0 Å². The number of thioether (sulfide) groups is 1. The lowest BCUT2D eigenvalue weighted by Gasteiger charge is -2.13. The summed E-state index contributed by atoms with van der Waals surface area (Å²) in [7, 11) is 1.77. The Balaban J connectivity index is 1.58. The molecule has 2 aromatic carbocycles. The molecule has 0 aliphatic heterocycles. The minimum Gasteiger partial charge on any atom is -0.350 e. The molecular weight excluding hydrogens is 377 g/mol. The minimum absolute atomic E-state index is 0.0907. The predicted molar refractivity (Wildman–Crippen MR) is 112 cm³/mol. The molecule has 2 rings (SSSR count). The summed E-state index contributed by atoms with van der Waals surface area (Å²) in [6, 6.07) is 14.2. The lowest BCUT2D eigenvalue weighted by Crippen LogP contribution is -3.11. The summed E-state index contributed by atoms with van der Waals surface area (Å²) in [6.07, 6.45) is 0. The summed E-state index contributed by atoms with van der Waals surface area (Å²) >= 11 is 1.77. The van der Waals surface area contributed by atoms with Crippen LogP contribution in [0.1, 0.15) is 11.1 Å². The van der Waals surface area contributed by atoms with Crippen molar-refractivity contribution < 1.29 is 18.9 Å². The van der Waals surface area contributed by atoms with Crippen LogP contribution in [0.2, 0.25) is 0 Å². The number of anilines is 1. The third-order valence-corrected chi connectivity index (χ3v) is 5.02. The third-order valence-electron chi connectivity index (χ3n) is 3.99. The summed E-state index contributed by atoms with van der Waals surface area (Å²) in [4.78, 5) is 24.7. The number of hydrogen-bond acceptors (Lipinski definition) is 3. The number of rotatable bonds is 10. The van der Waals surface area contributed by atoms with E-state index in [1.165, 1.54) is 29.3 Å². The highest BCUT2D eigenvalue weighted by Gasteiger charge is 2.14. The molecule has 0 aromatic heterocycles. The van der Waals surface area contributed by atoms with Gasteiger partial charge in [-0.3, -0.25) is 9.59 Å². The summed E-state index contributed by atoms with van der Waals surface area (Å²) in [5.74, 6) is 0.995. The molecule has 2 aromatic rings. The fraction of sp³-hybridized carbons (Fsp3) is 0.333. The summed E-state index contributed by atoms with van der Waals surface area (Å²) < 4.78 is 13.1. The average Bonchev–Trinajstić information content (AvgIpc) is 2.62. The highest BCUT2D eigenvalue weighted by Crippen LogP contribution is 2.12. The van der Waals surface area contributed by atoms with Crippen molar-refractivity contribution in [2.45, 2.75) is 12.7 Å². The van der Waals surface area contributed by atoms with Crippen molar-refractivity contribution in [1.82, 2.24) is 5.32 Å². The number of carbonyl (C=O) groups excluding carboxylic acids is 2. The second kappa shape index (κ2) is 11.5. The van der Waals surface area contributed by atoms with Crippen LogP contribution >= 0.6 is 11.8 Å². The Morgan fingerprint density at radius 2 is 1.79 bits per heavy atom. The van der Waals surface area contributed by atoms with Crippen LogP contribution < -0.4 is 15.5 Å². The van der Waals surface area contributed by atoms with Crippen molar-refractivity contribution in [3.8, 4) is 0 Å². The Morgan fingerprint density at radius 3 is 2.50 bits per heavy atom. The molecule has 28 heavy (non-hydrogen) atoms. The number of quaternary nitrogens is 1. The molecule has 0 fully saturated rings. The van der Waals surface area contributed by atoms with Gasteiger partial charge in [0.05, 0.1) is 7.05 Å². The predicted octanol–water partition coefficient (Wildman–Crippen LogP) is 1.64. The zero-order chi connectivity index (χ0) is 20.4. The van der Waals surface area contributed by atoms with E-state index >= 15 is 0 Å². The second-order valence-corrected chi connectivity index (χ2v) is 7.86. The molecule has 2 amide bonds. The quantitative estimate of drug-likeness (QED) is 0.528. The van der Waals surface area contributed by atoms with E-state index in [2.05, 4.69) is 41.8 Å². The number of aryl methyl sites for hydroxylation is 1. The maximum absolute atomic E-state index is 13.1. The van der Waals surface area contributed by atoms with Gasteiger partial charge in [0.25, 0.3) is 11.8 Å². The van der Waals surface area contributed by atoms with E-state index in [9.17, 15) is 14.0 Å². The maximum atomic E-state index is 13.1. The Hall–Kier alpha value is -2.38. The van der Waals surface area contributed by atoms with E-state index in [-0.39, 0.29) is 24.9 Å². The number of carbonyl (C=O) groups is 2. The van der Waals surface area contributed by atoms with Gasteiger partial charge in [0.1, 0.15) is 5.82 Å². The molecule has 150 valence electrons. The molecule has 1 unspecified atom stereocenters. The van der Waals surface area contributed by atoms with Gasteiger partial charge in [-0.25, -0.2) is 4.39 Å². The van der Waals surface area contributed by atoms with E-state index in [1.54, 1.807) is 24.9 Å². The first kappa shape index (κ1) is 21.9. The van der Waals surface area contributed by atoms with Gasteiger partial charge in [-0.15, -0.1) is 0 Å². The van der Waals surface area contributed by atoms with Crippen LogP contribution in [-0.2, 0) is 15.3 Å². The highest BCUT2D eigenvalue weighted by atomic mass is 32.2. The van der Waals surface area contributed by atoms with Gasteiger partial charge in [0.15, 0.2) is 13.1 Å². The third kappa shape index (κ3) is 8.54. The first-order valence-electron chi connectivity index (χ1n) is 9.19. The fourth-order valence-corrected chi connectivity index (χ4v) is 3.40. The number of halogens is 1. The summed E-state index contributed by atoms with van der Waals surface area (Å²) in [5.41, 5.74) is 2.93. The molecule has 5 nitrogen and oxygen atoms in total. The first-order chi connectivity index (χ1) is 13.4. The number of benzene rings is 2. The Labute approximate surface area is 169 Å². The molecule has 0 heterocycles. The molecule has 0 bridgehead atoms. The van der Waals surface area contributed by atoms with Crippen LogP contribution in [0.5, 0.6) is 0 Å². The molecule has 0 saturated carbocycles. The normalized spacial score (nSPS) is 11.7. The number of hydrogen-bond donors (Lipinski definition) is 3. The molecular formula is C21H27FN3O2S+. The standard InChI is InChI=1S/C21H26FN3O2S/c1-16-6-8-17(9-7-16)15-28-11-10-23-20(26)13-25(2)14-21(27)24-19-5-3-4-18(22)12-19/h3-9,12H,10-11,13-15H2,1-2H3,(H,23,26)(H,24,27)/p+1. The van der Waals surface area contributed by atoms with Gasteiger partial charge >= 0.3 is 0 Å². The van der Waals surface area contributed by atoms with Crippen LogP contribution in [-0.4, -0.2) is 44.2 Å². The largest absolute Gasteiger partial charge is 0.350 e. The van der Waals surface area contributed by atoms with Crippen LogP contribution in [0, 0.1) is 12.7 Å². The zero-order valence-corrected chi connectivity index (χ0v) is 17.1.